The molecule has 3 atom stereocenters. The molecule has 0 saturated carbocycles. The zero-order valence-corrected chi connectivity index (χ0v) is 27.3. The SMILES string of the molecule is Cc1ccc(S(=O)(=O)OC=CC2=CSC3C(NC(=O)OC(C)(C)C)C(=O)N3C2C(=O)OC(c2ccccc2)c2ccccc2)cc1. The average Bonchev–Trinajstić information content (AvgIpc) is 3.02. The number of alkyl carbamates (subject to hydrolysis) is 1. The van der Waals surface area contributed by atoms with E-state index in [1.165, 1.54) is 34.9 Å². The molecule has 0 radical (unpaired) electrons. The number of aryl methyl sites for hydroxylation is 1. The molecule has 46 heavy (non-hydrogen) atoms. The highest BCUT2D eigenvalue weighted by molar-refractivity contribution is 8.03. The summed E-state index contributed by atoms with van der Waals surface area (Å²) in [6, 6.07) is 22.3. The molecule has 0 aromatic heterocycles. The Morgan fingerprint density at radius 2 is 1.52 bits per heavy atom. The van der Waals surface area contributed by atoms with Gasteiger partial charge in [0.2, 0.25) is 5.91 Å². The number of amides is 2. The highest BCUT2D eigenvalue weighted by atomic mass is 32.2. The fourth-order valence-electron chi connectivity index (χ4n) is 4.93. The Morgan fingerprint density at radius 3 is 2.09 bits per heavy atom. The van der Waals surface area contributed by atoms with Gasteiger partial charge in [0.15, 0.2) is 12.1 Å². The van der Waals surface area contributed by atoms with Gasteiger partial charge in [-0.15, -0.1) is 11.8 Å². The number of nitrogens with zero attached hydrogens (tertiary/aromatic N) is 1. The fraction of sp³-hybridized carbons (Fsp3) is 0.265. The van der Waals surface area contributed by atoms with Crippen LogP contribution in [0.25, 0.3) is 0 Å². The minimum Gasteiger partial charge on any atom is -0.451 e. The van der Waals surface area contributed by atoms with Crippen molar-refractivity contribution in [1.82, 2.24) is 10.2 Å². The lowest BCUT2D eigenvalue weighted by molar-refractivity contribution is -0.164. The number of β-lactam (4-membered cyclic amide) rings is 1. The average molecular weight is 663 g/mol. The summed E-state index contributed by atoms with van der Waals surface area (Å²) in [5.74, 6) is -1.27. The van der Waals surface area contributed by atoms with Crippen molar-refractivity contribution >= 4 is 39.8 Å². The highest BCUT2D eigenvalue weighted by Gasteiger charge is 2.56. The molecule has 1 saturated heterocycles. The highest BCUT2D eigenvalue weighted by Crippen LogP contribution is 2.42. The minimum absolute atomic E-state index is 0.0340. The second kappa shape index (κ2) is 13.4. The summed E-state index contributed by atoms with van der Waals surface area (Å²) in [4.78, 5) is 41.3. The number of thioether (sulfide) groups is 1. The van der Waals surface area contributed by atoms with E-state index in [2.05, 4.69) is 5.32 Å². The van der Waals surface area contributed by atoms with Gasteiger partial charge in [-0.3, -0.25) is 4.79 Å². The number of fused-ring (bicyclic) bond motifs is 1. The van der Waals surface area contributed by atoms with Crippen LogP contribution >= 0.6 is 11.8 Å². The number of rotatable bonds is 9. The summed E-state index contributed by atoms with van der Waals surface area (Å²) in [7, 11) is -4.14. The minimum atomic E-state index is -4.14. The summed E-state index contributed by atoms with van der Waals surface area (Å²) < 4.78 is 42.1. The number of hydrogen-bond acceptors (Lipinski definition) is 9. The van der Waals surface area contributed by atoms with E-state index < -0.39 is 57.3 Å². The Labute approximate surface area is 272 Å². The molecule has 240 valence electrons. The van der Waals surface area contributed by atoms with Gasteiger partial charge in [0.25, 0.3) is 0 Å². The molecule has 3 unspecified atom stereocenters. The molecule has 3 aromatic carbocycles. The third-order valence-corrected chi connectivity index (χ3v) is 9.50. The van der Waals surface area contributed by atoms with Crippen LogP contribution in [0.1, 0.15) is 43.6 Å². The van der Waals surface area contributed by atoms with E-state index >= 15 is 0 Å². The van der Waals surface area contributed by atoms with Crippen molar-refractivity contribution in [1.29, 1.82) is 0 Å². The van der Waals surface area contributed by atoms with Crippen LogP contribution in [-0.4, -0.2) is 54.3 Å². The Bertz CT molecular complexity index is 1710. The van der Waals surface area contributed by atoms with Crippen molar-refractivity contribution in [3.63, 3.8) is 0 Å². The van der Waals surface area contributed by atoms with Crippen molar-refractivity contribution in [2.45, 2.75) is 61.8 Å². The normalized spacial score (nSPS) is 19.6. The van der Waals surface area contributed by atoms with Crippen LogP contribution in [0, 0.1) is 6.92 Å². The number of carbonyl (C=O) groups is 3. The van der Waals surface area contributed by atoms with Crippen molar-refractivity contribution in [3.05, 3.63) is 125 Å². The fourth-order valence-corrected chi connectivity index (χ4v) is 6.92. The van der Waals surface area contributed by atoms with Crippen LogP contribution in [0.15, 0.2) is 113 Å². The summed E-state index contributed by atoms with van der Waals surface area (Å²) in [5, 5.41) is 3.58. The van der Waals surface area contributed by atoms with Gasteiger partial charge in [0.05, 0.1) is 0 Å². The maximum atomic E-state index is 14.1. The van der Waals surface area contributed by atoms with Crippen LogP contribution in [0.3, 0.4) is 0 Å². The standard InChI is InChI=1S/C34H34N2O8S2/c1-22-15-17-26(18-16-22)46(40,41)42-20-19-25-21-45-31-27(35-33(39)44-34(2,3)4)30(37)36(31)28(25)32(38)43-29(23-11-7-5-8-12-23)24-13-9-6-10-14-24/h5-21,27-29,31H,1-4H3,(H,35,39). The van der Waals surface area contributed by atoms with Crippen molar-refractivity contribution in [2.75, 3.05) is 0 Å². The molecule has 2 aliphatic rings. The number of benzene rings is 3. The Morgan fingerprint density at radius 1 is 0.935 bits per heavy atom. The topological polar surface area (TPSA) is 128 Å². The molecule has 0 spiro atoms. The van der Waals surface area contributed by atoms with Gasteiger partial charge in [-0.05, 0) is 68.0 Å². The molecule has 5 rings (SSSR count). The van der Waals surface area contributed by atoms with E-state index in [1.54, 1.807) is 38.3 Å². The van der Waals surface area contributed by atoms with Gasteiger partial charge in [0.1, 0.15) is 28.2 Å². The first-order valence-corrected chi connectivity index (χ1v) is 16.8. The second-order valence-electron chi connectivity index (χ2n) is 11.7. The van der Waals surface area contributed by atoms with Crippen LogP contribution in [0.5, 0.6) is 0 Å². The summed E-state index contributed by atoms with van der Waals surface area (Å²) in [6.45, 7) is 6.96. The molecule has 12 heteroatoms. The van der Waals surface area contributed by atoms with Gasteiger partial charge < -0.3 is 23.9 Å². The number of esters is 1. The predicted octanol–water partition coefficient (Wildman–Crippen LogP) is 5.61. The van der Waals surface area contributed by atoms with Crippen LogP contribution < -0.4 is 5.32 Å². The van der Waals surface area contributed by atoms with E-state index in [-0.39, 0.29) is 10.5 Å². The number of ether oxygens (including phenoxy) is 2. The Kier molecular flexibility index (Phi) is 9.59. The van der Waals surface area contributed by atoms with Crippen molar-refractivity contribution < 1.29 is 36.5 Å². The molecule has 2 amide bonds. The zero-order valence-electron chi connectivity index (χ0n) is 25.7. The van der Waals surface area contributed by atoms with Crippen LogP contribution in [0.2, 0.25) is 0 Å². The third-order valence-electron chi connectivity index (χ3n) is 7.10. The predicted molar refractivity (Wildman–Crippen MR) is 173 cm³/mol. The number of hydrogen-bond donors (Lipinski definition) is 1. The summed E-state index contributed by atoms with van der Waals surface area (Å²) >= 11 is 1.19. The monoisotopic (exact) mass is 662 g/mol. The molecule has 3 aromatic rings. The smallest absolute Gasteiger partial charge is 0.408 e. The van der Waals surface area contributed by atoms with E-state index in [9.17, 15) is 22.8 Å². The first-order chi connectivity index (χ1) is 21.8. The molecular weight excluding hydrogens is 629 g/mol. The molecule has 2 aliphatic heterocycles. The van der Waals surface area contributed by atoms with Crippen molar-refractivity contribution in [3.8, 4) is 0 Å². The van der Waals surface area contributed by atoms with Gasteiger partial charge in [-0.2, -0.15) is 8.42 Å². The van der Waals surface area contributed by atoms with Crippen LogP contribution in [-0.2, 0) is 33.4 Å². The lowest BCUT2D eigenvalue weighted by atomic mass is 9.97. The molecular formula is C34H34N2O8S2. The maximum absolute atomic E-state index is 14.1. The van der Waals surface area contributed by atoms with Crippen LogP contribution in [0.4, 0.5) is 4.79 Å². The third kappa shape index (κ3) is 7.45. The first-order valence-electron chi connectivity index (χ1n) is 14.5. The van der Waals surface area contributed by atoms with Gasteiger partial charge in [0, 0.05) is 0 Å². The molecule has 1 N–H and O–H groups in total. The zero-order chi connectivity index (χ0) is 33.1. The maximum Gasteiger partial charge on any atom is 0.408 e. The summed E-state index contributed by atoms with van der Waals surface area (Å²) in [6.07, 6.45) is 0.735. The summed E-state index contributed by atoms with van der Waals surface area (Å²) in [5.41, 5.74) is 1.82. The molecule has 1 fully saturated rings. The van der Waals surface area contributed by atoms with Gasteiger partial charge >= 0.3 is 22.2 Å². The number of carbonyl (C=O) groups excluding carboxylic acids is 3. The van der Waals surface area contributed by atoms with Gasteiger partial charge in [-0.1, -0.05) is 78.4 Å². The number of nitrogens with one attached hydrogen (secondary N) is 1. The Balaban J connectivity index is 1.43. The lowest BCUT2D eigenvalue weighted by Gasteiger charge is -2.51. The second-order valence-corrected chi connectivity index (χ2v) is 14.3. The first kappa shape index (κ1) is 32.8. The van der Waals surface area contributed by atoms with E-state index in [1.807, 2.05) is 67.6 Å². The van der Waals surface area contributed by atoms with Crippen molar-refractivity contribution in [2.24, 2.45) is 0 Å². The van der Waals surface area contributed by atoms with E-state index in [4.69, 9.17) is 13.7 Å². The van der Waals surface area contributed by atoms with E-state index in [0.29, 0.717) is 0 Å². The largest absolute Gasteiger partial charge is 0.451 e. The Hall–Kier alpha value is -4.55. The van der Waals surface area contributed by atoms with E-state index in [0.717, 1.165) is 23.0 Å². The molecule has 0 aliphatic carbocycles. The molecule has 0 bridgehead atoms. The molecule has 10 nitrogen and oxygen atoms in total. The lowest BCUT2D eigenvalue weighted by Crippen LogP contribution is -2.74. The molecule has 2 heterocycles. The van der Waals surface area contributed by atoms with Gasteiger partial charge in [-0.25, -0.2) is 9.59 Å². The quantitative estimate of drug-likeness (QED) is 0.135.